The minimum Gasteiger partial charge on any atom is -0.493 e. The number of aromatic amines is 1. The van der Waals surface area contributed by atoms with E-state index in [1.54, 1.807) is 56.8 Å². The van der Waals surface area contributed by atoms with E-state index < -0.39 is 5.25 Å². The molecule has 7 nitrogen and oxygen atoms in total. The minimum atomic E-state index is -0.492. The number of ether oxygens (including phenoxy) is 2. The quantitative estimate of drug-likeness (QED) is 0.193. The summed E-state index contributed by atoms with van der Waals surface area (Å²) >= 11 is 1.25. The number of carbonyl (C=O) groups is 1. The van der Waals surface area contributed by atoms with E-state index >= 15 is 0 Å². The first-order chi connectivity index (χ1) is 17.0. The molecule has 176 valence electrons. The fourth-order valence-electron chi connectivity index (χ4n) is 4.09. The molecule has 1 unspecified atom stereocenters. The van der Waals surface area contributed by atoms with Gasteiger partial charge in [-0.1, -0.05) is 42.1 Å². The number of methoxy groups -OCH3 is 2. The zero-order chi connectivity index (χ0) is 24.5. The monoisotopic (exact) mass is 485 g/mol. The number of rotatable bonds is 7. The summed E-state index contributed by atoms with van der Waals surface area (Å²) in [6.45, 7) is 1.83. The fourth-order valence-corrected chi connectivity index (χ4v) is 5.08. The van der Waals surface area contributed by atoms with Crippen molar-refractivity contribution in [2.24, 2.45) is 0 Å². The Kier molecular flexibility index (Phi) is 6.05. The maximum atomic E-state index is 13.6. The molecule has 2 heterocycles. The van der Waals surface area contributed by atoms with Crippen LogP contribution in [-0.2, 0) is 0 Å². The zero-order valence-electron chi connectivity index (χ0n) is 19.4. The number of carbonyl (C=O) groups excluding carboxylic acids is 1. The summed E-state index contributed by atoms with van der Waals surface area (Å²) in [7, 11) is 3.10. The van der Waals surface area contributed by atoms with E-state index in [1.165, 1.54) is 16.3 Å². The van der Waals surface area contributed by atoms with Crippen molar-refractivity contribution in [3.8, 4) is 17.2 Å². The van der Waals surface area contributed by atoms with Crippen LogP contribution in [0.2, 0.25) is 0 Å². The van der Waals surface area contributed by atoms with Crippen molar-refractivity contribution in [1.29, 1.82) is 0 Å². The van der Waals surface area contributed by atoms with Crippen molar-refractivity contribution in [2.45, 2.75) is 17.3 Å². The van der Waals surface area contributed by atoms with Crippen LogP contribution < -0.4 is 15.0 Å². The van der Waals surface area contributed by atoms with Gasteiger partial charge in [0.1, 0.15) is 0 Å². The first-order valence-electron chi connectivity index (χ1n) is 11.0. The predicted octanol–water partition coefficient (Wildman–Crippen LogP) is 5.25. The number of hydrogen-bond donors (Lipinski definition) is 1. The molecule has 0 saturated heterocycles. The average molecular weight is 486 g/mol. The lowest BCUT2D eigenvalue weighted by atomic mass is 10.1. The highest BCUT2D eigenvalue weighted by atomic mass is 32.2. The van der Waals surface area contributed by atoms with Crippen LogP contribution in [0.5, 0.6) is 11.5 Å². The zero-order valence-corrected chi connectivity index (χ0v) is 20.3. The summed E-state index contributed by atoms with van der Waals surface area (Å²) in [5, 5.41) is 1.28. The van der Waals surface area contributed by atoms with Gasteiger partial charge in [-0.25, -0.2) is 4.98 Å². The van der Waals surface area contributed by atoms with Gasteiger partial charge in [-0.3, -0.25) is 14.2 Å². The van der Waals surface area contributed by atoms with Crippen molar-refractivity contribution in [3.05, 3.63) is 88.8 Å². The van der Waals surface area contributed by atoms with Crippen LogP contribution in [0.1, 0.15) is 17.3 Å². The molecule has 0 amide bonds. The van der Waals surface area contributed by atoms with E-state index in [0.29, 0.717) is 38.8 Å². The van der Waals surface area contributed by atoms with Gasteiger partial charge in [0.2, 0.25) is 0 Å². The lowest BCUT2D eigenvalue weighted by Crippen LogP contribution is -2.23. The number of nitrogens with one attached hydrogen (secondary N) is 1. The van der Waals surface area contributed by atoms with Gasteiger partial charge in [0.05, 0.1) is 36.1 Å². The molecule has 0 aliphatic heterocycles. The van der Waals surface area contributed by atoms with Gasteiger partial charge >= 0.3 is 0 Å². The van der Waals surface area contributed by atoms with Crippen molar-refractivity contribution >= 4 is 39.4 Å². The van der Waals surface area contributed by atoms with Crippen LogP contribution in [0.3, 0.4) is 0 Å². The number of hydrogen-bond acceptors (Lipinski definition) is 6. The summed E-state index contributed by atoms with van der Waals surface area (Å²) in [4.78, 5) is 34.9. The Labute approximate surface area is 205 Å². The van der Waals surface area contributed by atoms with E-state index in [9.17, 15) is 9.59 Å². The number of H-pyrrole nitrogens is 1. The Morgan fingerprint density at radius 1 is 0.971 bits per heavy atom. The van der Waals surface area contributed by atoms with Crippen LogP contribution in [0.15, 0.2) is 82.9 Å². The first kappa shape index (κ1) is 22.7. The number of para-hydroxylation sites is 2. The molecule has 0 bridgehead atoms. The highest BCUT2D eigenvalue weighted by molar-refractivity contribution is 8.00. The van der Waals surface area contributed by atoms with Gasteiger partial charge in [-0.15, -0.1) is 0 Å². The number of thioether (sulfide) groups is 1. The Bertz CT molecular complexity index is 1620. The molecular weight excluding hydrogens is 462 g/mol. The van der Waals surface area contributed by atoms with Crippen molar-refractivity contribution in [3.63, 3.8) is 0 Å². The topological polar surface area (TPSA) is 86.2 Å². The Morgan fingerprint density at radius 3 is 2.46 bits per heavy atom. The number of nitrogens with zero attached hydrogens (tertiary/aromatic N) is 2. The molecule has 5 rings (SSSR count). The van der Waals surface area contributed by atoms with E-state index in [1.807, 2.05) is 37.3 Å². The van der Waals surface area contributed by atoms with Crippen LogP contribution >= 0.6 is 11.8 Å². The molecule has 5 aromatic rings. The summed E-state index contributed by atoms with van der Waals surface area (Å²) in [6, 6.07) is 20.1. The normalized spacial score (nSPS) is 12.1. The molecule has 0 fully saturated rings. The Morgan fingerprint density at radius 2 is 1.69 bits per heavy atom. The Hall–Kier alpha value is -4.04. The van der Waals surface area contributed by atoms with Crippen molar-refractivity contribution in [2.75, 3.05) is 14.2 Å². The summed E-state index contributed by atoms with van der Waals surface area (Å²) < 4.78 is 12.3. The molecular formula is C27H23N3O4S. The molecule has 3 aromatic carbocycles. The maximum absolute atomic E-state index is 13.6. The van der Waals surface area contributed by atoms with Crippen LogP contribution in [0, 0.1) is 0 Å². The molecule has 1 N–H and O–H groups in total. The second kappa shape index (κ2) is 9.31. The van der Waals surface area contributed by atoms with Crippen LogP contribution in [-0.4, -0.2) is 39.8 Å². The molecule has 8 heteroatoms. The third kappa shape index (κ3) is 4.06. The summed E-state index contributed by atoms with van der Waals surface area (Å²) in [5.74, 6) is 0.993. The molecule has 35 heavy (non-hydrogen) atoms. The van der Waals surface area contributed by atoms with Crippen LogP contribution in [0.25, 0.3) is 27.5 Å². The van der Waals surface area contributed by atoms with E-state index in [0.717, 1.165) is 10.9 Å². The third-order valence-electron chi connectivity index (χ3n) is 5.88. The predicted molar refractivity (Wildman–Crippen MR) is 138 cm³/mol. The van der Waals surface area contributed by atoms with E-state index in [4.69, 9.17) is 14.5 Å². The Balaban J connectivity index is 1.61. The highest BCUT2D eigenvalue weighted by Crippen LogP contribution is 2.32. The second-order valence-electron chi connectivity index (χ2n) is 7.96. The second-order valence-corrected chi connectivity index (χ2v) is 9.27. The molecule has 2 aromatic heterocycles. The number of fused-ring (bicyclic) bond motifs is 2. The SMILES string of the molecule is COc1ccc(-n2c(SC(C)C(=O)c3c[nH]c4ccccc34)nc3ccccc3c2=O)cc1OC. The third-order valence-corrected chi connectivity index (χ3v) is 6.93. The molecule has 0 aliphatic carbocycles. The van der Waals surface area contributed by atoms with Gasteiger partial charge in [0.15, 0.2) is 22.4 Å². The van der Waals surface area contributed by atoms with Gasteiger partial charge < -0.3 is 14.5 Å². The number of ketones is 1. The molecule has 1 atom stereocenters. The van der Waals surface area contributed by atoms with Gasteiger partial charge in [0.25, 0.3) is 5.56 Å². The van der Waals surface area contributed by atoms with Crippen LogP contribution in [0.4, 0.5) is 0 Å². The van der Waals surface area contributed by atoms with Gasteiger partial charge in [-0.2, -0.15) is 0 Å². The molecule has 0 radical (unpaired) electrons. The first-order valence-corrected chi connectivity index (χ1v) is 11.9. The lowest BCUT2D eigenvalue weighted by Gasteiger charge is -2.17. The standard InChI is InChI=1S/C27H23N3O4S/c1-16(25(31)20-15-28-21-10-6-4-8-18(20)21)35-27-29-22-11-7-5-9-19(22)26(32)30(27)17-12-13-23(33-2)24(14-17)34-3/h4-16,28H,1-3H3. The van der Waals surface area contributed by atoms with Crippen molar-refractivity contribution < 1.29 is 14.3 Å². The number of aromatic nitrogens is 3. The molecule has 0 spiro atoms. The smallest absolute Gasteiger partial charge is 0.266 e. The maximum Gasteiger partial charge on any atom is 0.266 e. The lowest BCUT2D eigenvalue weighted by molar-refractivity contribution is 0.0995. The summed E-state index contributed by atoms with van der Waals surface area (Å²) in [5.41, 5.74) is 2.43. The average Bonchev–Trinajstić information content (AvgIpc) is 3.32. The van der Waals surface area contributed by atoms with Gasteiger partial charge in [-0.05, 0) is 37.3 Å². The van der Waals surface area contributed by atoms with E-state index in [-0.39, 0.29) is 11.3 Å². The van der Waals surface area contributed by atoms with E-state index in [2.05, 4.69) is 4.98 Å². The van der Waals surface area contributed by atoms with Gasteiger partial charge in [0, 0.05) is 28.7 Å². The summed E-state index contributed by atoms with van der Waals surface area (Å²) in [6.07, 6.45) is 1.74. The number of benzene rings is 3. The van der Waals surface area contributed by atoms with Crippen molar-refractivity contribution in [1.82, 2.24) is 14.5 Å². The minimum absolute atomic E-state index is 0.0475. The number of Topliss-reactive ketones (excluding diaryl/α,β-unsaturated/α-hetero) is 1. The molecule has 0 aliphatic rings. The highest BCUT2D eigenvalue weighted by Gasteiger charge is 2.23. The molecule has 0 saturated carbocycles. The fraction of sp³-hybridized carbons (Fsp3) is 0.148. The largest absolute Gasteiger partial charge is 0.493 e.